The van der Waals surface area contributed by atoms with E-state index >= 15 is 0 Å². The number of ketones is 1. The lowest BCUT2D eigenvalue weighted by Gasteiger charge is -2.39. The van der Waals surface area contributed by atoms with Gasteiger partial charge in [0.05, 0.1) is 12.1 Å². The molecule has 0 spiro atoms. The van der Waals surface area contributed by atoms with Gasteiger partial charge in [-0.15, -0.1) is 6.42 Å². The van der Waals surface area contributed by atoms with E-state index in [1.165, 1.54) is 0 Å². The lowest BCUT2D eigenvalue weighted by molar-refractivity contribution is -0.131. The topological polar surface area (TPSA) is 88.9 Å². The quantitative estimate of drug-likeness (QED) is 0.385. The fourth-order valence-corrected chi connectivity index (χ4v) is 5.74. The summed E-state index contributed by atoms with van der Waals surface area (Å²) in [6, 6.07) is 14.7. The molecule has 3 aromatic rings. The molecule has 1 aromatic heterocycles. The molecule has 0 radical (unpaired) electrons. The Morgan fingerprint density at radius 1 is 0.976 bits per heavy atom. The number of nitrogens with one attached hydrogen (secondary N) is 1. The number of furan rings is 1. The predicted molar refractivity (Wildman–Crippen MR) is 149 cm³/mol. The first-order valence-electron chi connectivity index (χ1n) is 13.8. The number of benzene rings is 2. The van der Waals surface area contributed by atoms with Gasteiger partial charge in [0.2, 0.25) is 5.92 Å². The van der Waals surface area contributed by atoms with Crippen LogP contribution in [0.4, 0.5) is 14.5 Å². The van der Waals surface area contributed by atoms with Crippen molar-refractivity contribution in [1.29, 1.82) is 0 Å². The summed E-state index contributed by atoms with van der Waals surface area (Å²) in [6.07, 6.45) is 5.86. The molecule has 3 fully saturated rings. The fourth-order valence-electron chi connectivity index (χ4n) is 5.74. The second-order valence-electron chi connectivity index (χ2n) is 11.4. The van der Waals surface area contributed by atoms with Crippen LogP contribution in [0, 0.1) is 17.8 Å². The number of amides is 2. The zero-order valence-corrected chi connectivity index (χ0v) is 22.5. The maximum atomic E-state index is 14.0. The molecule has 2 aromatic carbocycles. The molecular weight excluding hydrogens is 530 g/mol. The maximum Gasteiger partial charge on any atom is 0.287 e. The number of rotatable bonds is 7. The molecule has 0 bridgehead atoms. The molecule has 0 unspecified atom stereocenters. The molecular formula is C32H30F2N2O5. The Balaban J connectivity index is 1.21. The highest BCUT2D eigenvalue weighted by Gasteiger charge is 2.52. The van der Waals surface area contributed by atoms with Gasteiger partial charge in [0, 0.05) is 42.3 Å². The molecule has 212 valence electrons. The number of Topliss-reactive ketones (excluding diaryl/α,β-unsaturated/α-hetero) is 1. The van der Waals surface area contributed by atoms with E-state index in [9.17, 15) is 23.2 Å². The van der Waals surface area contributed by atoms with Gasteiger partial charge in [0.25, 0.3) is 11.8 Å². The number of carbonyl (C=O) groups excluding carboxylic acids is 3. The van der Waals surface area contributed by atoms with Gasteiger partial charge < -0.3 is 19.4 Å². The molecule has 1 saturated heterocycles. The second-order valence-corrected chi connectivity index (χ2v) is 11.4. The highest BCUT2D eigenvalue weighted by Crippen LogP contribution is 2.50. The van der Waals surface area contributed by atoms with Crippen molar-refractivity contribution in [2.45, 2.75) is 56.4 Å². The predicted octanol–water partition coefficient (Wildman–Crippen LogP) is 5.51. The van der Waals surface area contributed by atoms with Crippen LogP contribution in [0.5, 0.6) is 0 Å². The normalized spacial score (nSPS) is 20.8. The van der Waals surface area contributed by atoms with Gasteiger partial charge in [-0.3, -0.25) is 14.4 Å². The summed E-state index contributed by atoms with van der Waals surface area (Å²) in [5, 5.41) is 3.47. The molecule has 1 N–H and O–H groups in total. The van der Waals surface area contributed by atoms with E-state index in [4.69, 9.17) is 15.6 Å². The monoisotopic (exact) mass is 560 g/mol. The van der Waals surface area contributed by atoms with Crippen LogP contribution in [-0.4, -0.2) is 48.8 Å². The Bertz CT molecular complexity index is 1550. The third kappa shape index (κ3) is 5.36. The van der Waals surface area contributed by atoms with E-state index in [1.54, 1.807) is 11.0 Å². The Morgan fingerprint density at radius 2 is 1.68 bits per heavy atom. The fraction of sp³-hybridized carbons (Fsp3) is 0.406. The number of morpholine rings is 1. The number of terminal acetylenes is 1. The lowest BCUT2D eigenvalue weighted by atomic mass is 9.74. The summed E-state index contributed by atoms with van der Waals surface area (Å²) in [6.45, 7) is 1.06. The first-order valence-corrected chi connectivity index (χ1v) is 13.8. The minimum atomic E-state index is -2.87. The van der Waals surface area contributed by atoms with Crippen molar-refractivity contribution in [3.05, 3.63) is 54.3 Å². The number of alkyl halides is 2. The number of halogens is 2. The van der Waals surface area contributed by atoms with Crippen LogP contribution in [0.1, 0.15) is 55.5 Å². The van der Waals surface area contributed by atoms with Crippen molar-refractivity contribution < 1.29 is 32.3 Å². The minimum absolute atomic E-state index is 0.000853. The van der Waals surface area contributed by atoms with Crippen molar-refractivity contribution in [3.8, 4) is 23.5 Å². The van der Waals surface area contributed by atoms with E-state index in [0.29, 0.717) is 24.1 Å². The summed E-state index contributed by atoms with van der Waals surface area (Å²) in [5.41, 5.74) is 1.08. The Hall–Kier alpha value is -4.03. The molecule has 2 saturated carbocycles. The lowest BCUT2D eigenvalue weighted by Crippen LogP contribution is -2.58. The van der Waals surface area contributed by atoms with Gasteiger partial charge in [-0.05, 0) is 61.1 Å². The number of carbonyl (C=O) groups is 3. The van der Waals surface area contributed by atoms with Crippen molar-refractivity contribution in [1.82, 2.24) is 5.32 Å². The summed E-state index contributed by atoms with van der Waals surface area (Å²) >= 11 is 0. The van der Waals surface area contributed by atoms with Gasteiger partial charge in [-0.1, -0.05) is 30.2 Å². The number of ether oxygens (including phenoxy) is 1. The Labute approximate surface area is 236 Å². The van der Waals surface area contributed by atoms with Gasteiger partial charge in [0.1, 0.15) is 12.2 Å². The number of fused-ring (bicyclic) bond motifs is 1. The first-order chi connectivity index (χ1) is 19.6. The minimum Gasteiger partial charge on any atom is -0.451 e. The molecule has 6 rings (SSSR count). The number of nitrogens with zero attached hydrogens (tertiary/aromatic N) is 1. The number of anilines is 1. The van der Waals surface area contributed by atoms with E-state index in [-0.39, 0.29) is 43.3 Å². The van der Waals surface area contributed by atoms with Crippen molar-refractivity contribution in [2.75, 3.05) is 24.7 Å². The van der Waals surface area contributed by atoms with E-state index in [2.05, 4.69) is 11.2 Å². The molecule has 3 aliphatic rings. The van der Waals surface area contributed by atoms with Crippen molar-refractivity contribution in [3.63, 3.8) is 0 Å². The van der Waals surface area contributed by atoms with Gasteiger partial charge >= 0.3 is 0 Å². The maximum absolute atomic E-state index is 14.0. The molecule has 2 heterocycles. The highest BCUT2D eigenvalue weighted by molar-refractivity contribution is 6.01. The van der Waals surface area contributed by atoms with E-state index in [1.807, 2.05) is 42.5 Å². The van der Waals surface area contributed by atoms with Crippen LogP contribution in [0.2, 0.25) is 0 Å². The van der Waals surface area contributed by atoms with Crippen molar-refractivity contribution >= 4 is 34.3 Å². The third-order valence-corrected chi connectivity index (χ3v) is 8.62. The van der Waals surface area contributed by atoms with Crippen LogP contribution in [0.15, 0.2) is 52.9 Å². The van der Waals surface area contributed by atoms with Crippen LogP contribution < -0.4 is 10.2 Å². The molecule has 2 amide bonds. The largest absolute Gasteiger partial charge is 0.451 e. The van der Waals surface area contributed by atoms with Crippen LogP contribution in [0.25, 0.3) is 22.1 Å². The summed E-state index contributed by atoms with van der Waals surface area (Å²) < 4.78 is 39.2. The van der Waals surface area contributed by atoms with Gasteiger partial charge in [0.15, 0.2) is 11.5 Å². The van der Waals surface area contributed by atoms with Crippen molar-refractivity contribution in [2.24, 2.45) is 5.41 Å². The zero-order chi connectivity index (χ0) is 28.8. The van der Waals surface area contributed by atoms with E-state index < -0.39 is 35.6 Å². The summed E-state index contributed by atoms with van der Waals surface area (Å²) in [4.78, 5) is 40.6. The summed E-state index contributed by atoms with van der Waals surface area (Å²) in [5.74, 6) is -1.19. The zero-order valence-electron chi connectivity index (χ0n) is 22.5. The third-order valence-electron chi connectivity index (χ3n) is 8.62. The average Bonchev–Trinajstić information content (AvgIpc) is 3.61. The molecule has 1 aliphatic heterocycles. The van der Waals surface area contributed by atoms with Crippen LogP contribution >= 0.6 is 0 Å². The average molecular weight is 561 g/mol. The van der Waals surface area contributed by atoms with Gasteiger partial charge in [-0.25, -0.2) is 8.78 Å². The van der Waals surface area contributed by atoms with E-state index in [0.717, 1.165) is 29.7 Å². The van der Waals surface area contributed by atoms with Gasteiger partial charge in [-0.2, -0.15) is 0 Å². The Kier molecular flexibility index (Phi) is 6.69. The smallest absolute Gasteiger partial charge is 0.287 e. The number of hydrogen-bond donors (Lipinski definition) is 1. The molecule has 7 nitrogen and oxygen atoms in total. The molecule has 0 atom stereocenters. The second kappa shape index (κ2) is 10.1. The first kappa shape index (κ1) is 27.2. The molecule has 9 heteroatoms. The number of hydrogen-bond acceptors (Lipinski definition) is 5. The molecule has 2 aliphatic carbocycles. The Morgan fingerprint density at radius 3 is 2.34 bits per heavy atom. The SMILES string of the molecule is C#CC1(CC(=O)C2(NC(=O)c3cc4ccc(-c5ccc(N6CCOCC6=O)cc5)cc4o3)CCC(F)(F)CC2)CC1. The van der Waals surface area contributed by atoms with Crippen LogP contribution in [0.3, 0.4) is 0 Å². The standard InChI is InChI=1S/C32H30F2N2O5/c1-2-30(9-10-30)19-27(37)31(11-13-32(33,34)14-12-31)35-29(39)26-18-23-4-3-22(17-25(23)41-26)21-5-7-24(8-6-21)36-15-16-40-20-28(36)38/h1,3-8,17-18H,9-16,19-20H2,(H,35,39). The molecule has 41 heavy (non-hydrogen) atoms. The van der Waals surface area contributed by atoms with Crippen LogP contribution in [-0.2, 0) is 14.3 Å². The highest BCUT2D eigenvalue weighted by atomic mass is 19.3. The summed E-state index contributed by atoms with van der Waals surface area (Å²) in [7, 11) is 0.